The lowest BCUT2D eigenvalue weighted by molar-refractivity contribution is 0.182. The molecule has 0 saturated carbocycles. The Morgan fingerprint density at radius 2 is 1.62 bits per heavy atom. The minimum Gasteiger partial charge on any atom is -0.508 e. The van der Waals surface area contributed by atoms with Crippen molar-refractivity contribution < 1.29 is 15.3 Å². The summed E-state index contributed by atoms with van der Waals surface area (Å²) in [7, 11) is 0. The molecular weight excluding hydrogens is 204 g/mol. The number of hydrogen-bond donors (Lipinski definition) is 3. The van der Waals surface area contributed by atoms with Crippen LogP contribution >= 0.6 is 0 Å². The number of aromatic hydroxyl groups is 2. The van der Waals surface area contributed by atoms with Crippen LogP contribution in [0.15, 0.2) is 12.1 Å². The Bertz CT molecular complexity index is 367. The molecule has 0 saturated heterocycles. The maximum atomic E-state index is 9.78. The van der Waals surface area contributed by atoms with E-state index in [1.54, 1.807) is 12.1 Å². The zero-order valence-electron chi connectivity index (χ0n) is 9.53. The molecule has 1 aliphatic rings. The van der Waals surface area contributed by atoms with Crippen LogP contribution in [0.2, 0.25) is 0 Å². The van der Waals surface area contributed by atoms with Crippen molar-refractivity contribution in [2.45, 2.75) is 32.6 Å². The molecule has 3 nitrogen and oxygen atoms in total. The summed E-state index contributed by atoms with van der Waals surface area (Å²) in [6.45, 7) is 2.25. The number of hydrogen-bond acceptors (Lipinski definition) is 3. The topological polar surface area (TPSA) is 60.7 Å². The van der Waals surface area contributed by atoms with Crippen LogP contribution in [0.5, 0.6) is 11.5 Å². The van der Waals surface area contributed by atoms with Crippen LogP contribution in [-0.2, 0) is 12.8 Å². The highest BCUT2D eigenvalue weighted by Gasteiger charge is 2.38. The summed E-state index contributed by atoms with van der Waals surface area (Å²) >= 11 is 0. The molecule has 2 rings (SSSR count). The molecule has 1 aromatic carbocycles. The van der Waals surface area contributed by atoms with Gasteiger partial charge in [0.1, 0.15) is 11.5 Å². The molecular formula is C13H18O3. The average molecular weight is 222 g/mol. The highest BCUT2D eigenvalue weighted by molar-refractivity contribution is 5.51. The number of aliphatic hydroxyl groups is 1. The van der Waals surface area contributed by atoms with Gasteiger partial charge in [0.15, 0.2) is 0 Å². The summed E-state index contributed by atoms with van der Waals surface area (Å²) in [5.41, 5.74) is 1.72. The maximum Gasteiger partial charge on any atom is 0.119 e. The van der Waals surface area contributed by atoms with E-state index in [-0.39, 0.29) is 23.5 Å². The molecule has 3 N–H and O–H groups in total. The Hall–Kier alpha value is -1.22. The van der Waals surface area contributed by atoms with Crippen molar-refractivity contribution in [3.63, 3.8) is 0 Å². The number of aliphatic hydroxyl groups excluding tert-OH is 1. The SMILES string of the molecule is CCC1(CCO)Cc2c(O)ccc(O)c2C1. The third kappa shape index (κ3) is 1.65. The fourth-order valence-electron chi connectivity index (χ4n) is 2.72. The number of phenols is 2. The smallest absolute Gasteiger partial charge is 0.119 e. The molecule has 0 aliphatic heterocycles. The maximum absolute atomic E-state index is 9.78. The van der Waals surface area contributed by atoms with Gasteiger partial charge in [-0.15, -0.1) is 0 Å². The molecule has 1 aromatic rings. The van der Waals surface area contributed by atoms with Gasteiger partial charge in [0.2, 0.25) is 0 Å². The third-order valence-corrected chi connectivity index (χ3v) is 3.88. The molecule has 0 spiro atoms. The zero-order valence-corrected chi connectivity index (χ0v) is 9.53. The quantitative estimate of drug-likeness (QED) is 0.685. The molecule has 0 heterocycles. The number of fused-ring (bicyclic) bond motifs is 1. The van der Waals surface area contributed by atoms with Crippen molar-refractivity contribution in [2.75, 3.05) is 6.61 Å². The van der Waals surface area contributed by atoms with Gasteiger partial charge in [-0.1, -0.05) is 6.92 Å². The number of rotatable bonds is 3. The van der Waals surface area contributed by atoms with Crippen molar-refractivity contribution >= 4 is 0 Å². The van der Waals surface area contributed by atoms with E-state index in [0.717, 1.165) is 36.8 Å². The molecule has 0 atom stereocenters. The van der Waals surface area contributed by atoms with E-state index in [2.05, 4.69) is 6.92 Å². The van der Waals surface area contributed by atoms with Crippen molar-refractivity contribution in [3.8, 4) is 11.5 Å². The Morgan fingerprint density at radius 1 is 1.12 bits per heavy atom. The second-order valence-corrected chi connectivity index (χ2v) is 4.74. The molecule has 0 amide bonds. The monoisotopic (exact) mass is 222 g/mol. The van der Waals surface area contributed by atoms with Crippen LogP contribution in [0.4, 0.5) is 0 Å². The van der Waals surface area contributed by atoms with Gasteiger partial charge in [0, 0.05) is 17.7 Å². The largest absolute Gasteiger partial charge is 0.508 e. The summed E-state index contributed by atoms with van der Waals surface area (Å²) in [5, 5.41) is 28.7. The minimum absolute atomic E-state index is 0.00734. The van der Waals surface area contributed by atoms with Gasteiger partial charge < -0.3 is 15.3 Å². The summed E-state index contributed by atoms with van der Waals surface area (Å²) in [5.74, 6) is 0.530. The summed E-state index contributed by atoms with van der Waals surface area (Å²) in [6, 6.07) is 3.08. The summed E-state index contributed by atoms with van der Waals surface area (Å²) < 4.78 is 0. The van der Waals surface area contributed by atoms with Gasteiger partial charge in [-0.25, -0.2) is 0 Å². The number of phenolic OH excluding ortho intramolecular Hbond substituents is 2. The average Bonchev–Trinajstić information content (AvgIpc) is 2.66. The lowest BCUT2D eigenvalue weighted by Gasteiger charge is -2.26. The van der Waals surface area contributed by atoms with E-state index in [1.165, 1.54) is 0 Å². The second kappa shape index (κ2) is 3.98. The van der Waals surface area contributed by atoms with Crippen molar-refractivity contribution in [2.24, 2.45) is 5.41 Å². The normalized spacial score (nSPS) is 17.4. The lowest BCUT2D eigenvalue weighted by atomic mass is 9.79. The Morgan fingerprint density at radius 3 is 2.00 bits per heavy atom. The van der Waals surface area contributed by atoms with Gasteiger partial charge >= 0.3 is 0 Å². The van der Waals surface area contributed by atoms with Crippen molar-refractivity contribution in [3.05, 3.63) is 23.3 Å². The Kier molecular flexibility index (Phi) is 2.80. The predicted octanol–water partition coefficient (Wildman–Crippen LogP) is 1.98. The first-order valence-corrected chi connectivity index (χ1v) is 5.75. The zero-order chi connectivity index (χ0) is 11.8. The first-order valence-electron chi connectivity index (χ1n) is 5.75. The molecule has 1 aliphatic carbocycles. The molecule has 3 heteroatoms. The van der Waals surface area contributed by atoms with Crippen LogP contribution in [0, 0.1) is 5.41 Å². The fraction of sp³-hybridized carbons (Fsp3) is 0.538. The van der Waals surface area contributed by atoms with Gasteiger partial charge in [0.25, 0.3) is 0 Å². The Balaban J connectivity index is 2.39. The lowest BCUT2D eigenvalue weighted by Crippen LogP contribution is -2.21. The van der Waals surface area contributed by atoms with Gasteiger partial charge in [-0.3, -0.25) is 0 Å². The van der Waals surface area contributed by atoms with E-state index in [0.29, 0.717) is 0 Å². The van der Waals surface area contributed by atoms with Gasteiger partial charge in [0.05, 0.1) is 0 Å². The molecule has 0 fully saturated rings. The van der Waals surface area contributed by atoms with Crippen LogP contribution < -0.4 is 0 Å². The highest BCUT2D eigenvalue weighted by atomic mass is 16.3. The van der Waals surface area contributed by atoms with E-state index in [1.807, 2.05) is 0 Å². The summed E-state index contributed by atoms with van der Waals surface area (Å²) in [4.78, 5) is 0. The first-order chi connectivity index (χ1) is 7.62. The van der Waals surface area contributed by atoms with Crippen molar-refractivity contribution in [1.82, 2.24) is 0 Å². The van der Waals surface area contributed by atoms with E-state index in [9.17, 15) is 10.2 Å². The number of benzene rings is 1. The van der Waals surface area contributed by atoms with Gasteiger partial charge in [-0.05, 0) is 43.2 Å². The molecule has 16 heavy (non-hydrogen) atoms. The van der Waals surface area contributed by atoms with Gasteiger partial charge in [-0.2, -0.15) is 0 Å². The molecule has 0 unspecified atom stereocenters. The predicted molar refractivity (Wildman–Crippen MR) is 61.6 cm³/mol. The van der Waals surface area contributed by atoms with Crippen LogP contribution in [-0.4, -0.2) is 21.9 Å². The minimum atomic E-state index is 0.00734. The Labute approximate surface area is 95.4 Å². The van der Waals surface area contributed by atoms with E-state index in [4.69, 9.17) is 5.11 Å². The third-order valence-electron chi connectivity index (χ3n) is 3.88. The first kappa shape index (κ1) is 11.3. The van der Waals surface area contributed by atoms with Crippen LogP contribution in [0.1, 0.15) is 30.9 Å². The van der Waals surface area contributed by atoms with Crippen LogP contribution in [0.3, 0.4) is 0 Å². The molecule has 0 radical (unpaired) electrons. The molecule has 88 valence electrons. The van der Waals surface area contributed by atoms with Crippen molar-refractivity contribution in [1.29, 1.82) is 0 Å². The standard InChI is InChI=1S/C13H18O3/c1-2-13(5-6-14)7-9-10(8-13)12(16)4-3-11(9)15/h3-4,14-16H,2,5-8H2,1H3. The fourth-order valence-corrected chi connectivity index (χ4v) is 2.72. The highest BCUT2D eigenvalue weighted by Crippen LogP contribution is 2.47. The molecule has 0 aromatic heterocycles. The summed E-state index contributed by atoms with van der Waals surface area (Å²) in [6.07, 6.45) is 3.16. The second-order valence-electron chi connectivity index (χ2n) is 4.74. The van der Waals surface area contributed by atoms with E-state index < -0.39 is 0 Å². The molecule has 0 bridgehead atoms. The van der Waals surface area contributed by atoms with Crippen LogP contribution in [0.25, 0.3) is 0 Å². The van der Waals surface area contributed by atoms with E-state index >= 15 is 0 Å².